The summed E-state index contributed by atoms with van der Waals surface area (Å²) >= 11 is 0. The van der Waals surface area contributed by atoms with Gasteiger partial charge in [-0.2, -0.15) is 0 Å². The Labute approximate surface area is 64.1 Å². The summed E-state index contributed by atoms with van der Waals surface area (Å²) in [6, 6.07) is 1.58. The first kappa shape index (κ1) is 7.72. The number of aryl methyl sites for hydroxylation is 2. The van der Waals surface area contributed by atoms with Crippen molar-refractivity contribution >= 4 is 6.29 Å². The largest absolute Gasteiger partial charge is 0.326 e. The van der Waals surface area contributed by atoms with Crippen LogP contribution < -0.4 is 5.56 Å². The zero-order valence-electron chi connectivity index (χ0n) is 6.47. The Morgan fingerprint density at radius 2 is 2.09 bits per heavy atom. The Balaban J connectivity index is 3.44. The molecule has 0 saturated carbocycles. The van der Waals surface area contributed by atoms with E-state index in [1.807, 2.05) is 6.92 Å². The van der Waals surface area contributed by atoms with Gasteiger partial charge in [-0.15, -0.1) is 0 Å². The van der Waals surface area contributed by atoms with Crippen LogP contribution in [0.15, 0.2) is 10.9 Å². The van der Waals surface area contributed by atoms with Gasteiger partial charge in [0.2, 0.25) is 0 Å². The minimum Gasteiger partial charge on any atom is -0.326 e. The number of rotatable bonds is 1. The highest BCUT2D eigenvalue weighted by Crippen LogP contribution is 1.99. The molecule has 0 aromatic carbocycles. The smallest absolute Gasteiger partial charge is 0.258 e. The van der Waals surface area contributed by atoms with Crippen LogP contribution in [0.1, 0.15) is 21.6 Å². The Kier molecular flexibility index (Phi) is 1.89. The molecule has 0 aliphatic carbocycles. The van der Waals surface area contributed by atoms with Crippen LogP contribution in [0.5, 0.6) is 0 Å². The predicted molar refractivity (Wildman–Crippen MR) is 41.9 cm³/mol. The van der Waals surface area contributed by atoms with E-state index in [9.17, 15) is 9.59 Å². The number of aldehydes is 1. The Bertz CT molecular complexity index is 338. The fourth-order valence-corrected chi connectivity index (χ4v) is 0.836. The van der Waals surface area contributed by atoms with Crippen molar-refractivity contribution in [1.82, 2.24) is 4.98 Å². The third-order valence-corrected chi connectivity index (χ3v) is 1.65. The first-order valence-corrected chi connectivity index (χ1v) is 3.31. The predicted octanol–water partition coefficient (Wildman–Crippen LogP) is 0.804. The van der Waals surface area contributed by atoms with Gasteiger partial charge in [0.1, 0.15) is 0 Å². The molecule has 0 bridgehead atoms. The van der Waals surface area contributed by atoms with Crippen LogP contribution in [-0.4, -0.2) is 11.3 Å². The van der Waals surface area contributed by atoms with Gasteiger partial charge in [-0.3, -0.25) is 9.59 Å². The molecule has 0 amide bonds. The molecule has 0 unspecified atom stereocenters. The molecule has 1 N–H and O–H groups in total. The number of aromatic nitrogens is 1. The molecule has 0 aliphatic heterocycles. The van der Waals surface area contributed by atoms with E-state index in [0.717, 1.165) is 11.3 Å². The summed E-state index contributed by atoms with van der Waals surface area (Å²) in [4.78, 5) is 23.8. The fraction of sp³-hybridized carbons (Fsp3) is 0.250. The second-order valence-corrected chi connectivity index (χ2v) is 2.48. The minimum atomic E-state index is -0.317. The quantitative estimate of drug-likeness (QED) is 0.603. The van der Waals surface area contributed by atoms with E-state index in [4.69, 9.17) is 0 Å². The van der Waals surface area contributed by atoms with Crippen molar-refractivity contribution in [2.75, 3.05) is 0 Å². The summed E-state index contributed by atoms with van der Waals surface area (Å²) in [7, 11) is 0. The lowest BCUT2D eigenvalue weighted by molar-refractivity contribution is 0.112. The lowest BCUT2D eigenvalue weighted by atomic mass is 10.2. The number of pyridine rings is 1. The number of hydrogen-bond acceptors (Lipinski definition) is 2. The first-order chi connectivity index (χ1) is 5.15. The molecule has 1 aromatic rings. The SMILES string of the molecule is Cc1cc(C=O)c(=O)[nH]c1C. The number of carbonyl (C=O) groups excluding carboxylic acids is 1. The van der Waals surface area contributed by atoms with Crippen molar-refractivity contribution in [3.63, 3.8) is 0 Å². The minimum absolute atomic E-state index is 0.188. The van der Waals surface area contributed by atoms with E-state index >= 15 is 0 Å². The lowest BCUT2D eigenvalue weighted by Crippen LogP contribution is -2.13. The van der Waals surface area contributed by atoms with Gasteiger partial charge in [0, 0.05) is 5.69 Å². The Hall–Kier alpha value is -1.38. The molecule has 0 aliphatic rings. The van der Waals surface area contributed by atoms with Gasteiger partial charge in [-0.05, 0) is 25.5 Å². The van der Waals surface area contributed by atoms with Crippen molar-refractivity contribution in [2.24, 2.45) is 0 Å². The van der Waals surface area contributed by atoms with Gasteiger partial charge >= 0.3 is 0 Å². The average Bonchev–Trinajstić information content (AvgIpc) is 1.97. The maximum absolute atomic E-state index is 10.9. The van der Waals surface area contributed by atoms with Gasteiger partial charge in [-0.1, -0.05) is 0 Å². The van der Waals surface area contributed by atoms with Crippen LogP contribution in [0.3, 0.4) is 0 Å². The normalized spacial score (nSPS) is 9.64. The maximum Gasteiger partial charge on any atom is 0.258 e. The third kappa shape index (κ3) is 1.37. The van der Waals surface area contributed by atoms with E-state index in [0.29, 0.717) is 6.29 Å². The number of nitrogens with one attached hydrogen (secondary N) is 1. The Morgan fingerprint density at radius 1 is 1.45 bits per heavy atom. The molecule has 0 fully saturated rings. The van der Waals surface area contributed by atoms with Crippen LogP contribution in [-0.2, 0) is 0 Å². The molecule has 11 heavy (non-hydrogen) atoms. The van der Waals surface area contributed by atoms with Gasteiger partial charge < -0.3 is 4.98 Å². The van der Waals surface area contributed by atoms with Gasteiger partial charge in [-0.25, -0.2) is 0 Å². The van der Waals surface area contributed by atoms with Crippen LogP contribution in [0, 0.1) is 13.8 Å². The van der Waals surface area contributed by atoms with Crippen molar-refractivity contribution in [3.8, 4) is 0 Å². The van der Waals surface area contributed by atoms with E-state index in [-0.39, 0.29) is 11.1 Å². The topological polar surface area (TPSA) is 49.9 Å². The average molecular weight is 151 g/mol. The summed E-state index contributed by atoms with van der Waals surface area (Å²) in [5.74, 6) is 0. The lowest BCUT2D eigenvalue weighted by Gasteiger charge is -1.98. The molecule has 1 heterocycles. The first-order valence-electron chi connectivity index (χ1n) is 3.31. The summed E-state index contributed by atoms with van der Waals surface area (Å²) in [5.41, 5.74) is 1.60. The molecule has 0 spiro atoms. The molecule has 58 valence electrons. The summed E-state index contributed by atoms with van der Waals surface area (Å²) in [6.07, 6.45) is 0.561. The highest BCUT2D eigenvalue weighted by Gasteiger charge is 1.99. The number of carbonyl (C=O) groups is 1. The van der Waals surface area contributed by atoms with E-state index in [1.165, 1.54) is 0 Å². The van der Waals surface area contributed by atoms with E-state index < -0.39 is 0 Å². The standard InChI is InChI=1S/C8H9NO2/c1-5-3-7(4-10)8(11)9-6(5)2/h3-4H,1-2H3,(H,9,11). The number of aromatic amines is 1. The monoisotopic (exact) mass is 151 g/mol. The van der Waals surface area contributed by atoms with Crippen LogP contribution in [0.4, 0.5) is 0 Å². The zero-order valence-corrected chi connectivity index (χ0v) is 6.47. The highest BCUT2D eigenvalue weighted by molar-refractivity contribution is 5.74. The van der Waals surface area contributed by atoms with E-state index in [1.54, 1.807) is 13.0 Å². The van der Waals surface area contributed by atoms with Crippen LogP contribution >= 0.6 is 0 Å². The molecular weight excluding hydrogens is 142 g/mol. The molecule has 3 nitrogen and oxygen atoms in total. The second-order valence-electron chi connectivity index (χ2n) is 2.48. The van der Waals surface area contributed by atoms with Gasteiger partial charge in [0.05, 0.1) is 5.56 Å². The van der Waals surface area contributed by atoms with Crippen molar-refractivity contribution in [2.45, 2.75) is 13.8 Å². The molecule has 0 radical (unpaired) electrons. The molecule has 1 aromatic heterocycles. The molecule has 3 heteroatoms. The highest BCUT2D eigenvalue weighted by atomic mass is 16.1. The van der Waals surface area contributed by atoms with Gasteiger partial charge in [0.15, 0.2) is 6.29 Å². The summed E-state index contributed by atoms with van der Waals surface area (Å²) < 4.78 is 0. The fourth-order valence-electron chi connectivity index (χ4n) is 0.836. The number of H-pyrrole nitrogens is 1. The number of hydrogen-bond donors (Lipinski definition) is 1. The van der Waals surface area contributed by atoms with E-state index in [2.05, 4.69) is 4.98 Å². The van der Waals surface area contributed by atoms with Crippen molar-refractivity contribution < 1.29 is 4.79 Å². The molecule has 0 saturated heterocycles. The Morgan fingerprint density at radius 3 is 2.64 bits per heavy atom. The summed E-state index contributed by atoms with van der Waals surface area (Å²) in [5, 5.41) is 0. The third-order valence-electron chi connectivity index (χ3n) is 1.65. The van der Waals surface area contributed by atoms with Crippen molar-refractivity contribution in [1.29, 1.82) is 0 Å². The zero-order chi connectivity index (χ0) is 8.43. The van der Waals surface area contributed by atoms with Crippen LogP contribution in [0.25, 0.3) is 0 Å². The van der Waals surface area contributed by atoms with Crippen LogP contribution in [0.2, 0.25) is 0 Å². The van der Waals surface area contributed by atoms with Crippen molar-refractivity contribution in [3.05, 3.63) is 33.2 Å². The van der Waals surface area contributed by atoms with Gasteiger partial charge in [0.25, 0.3) is 5.56 Å². The maximum atomic E-state index is 10.9. The second kappa shape index (κ2) is 2.70. The molecular formula is C8H9NO2. The molecule has 1 rings (SSSR count). The molecule has 0 atom stereocenters. The summed E-state index contributed by atoms with van der Waals surface area (Å²) in [6.45, 7) is 3.64.